The minimum atomic E-state index is 0.713. The number of benzene rings is 1. The van der Waals surface area contributed by atoms with Gasteiger partial charge < -0.3 is 5.73 Å². The van der Waals surface area contributed by atoms with Crippen molar-refractivity contribution in [2.75, 3.05) is 5.73 Å². The fourth-order valence-corrected chi connectivity index (χ4v) is 0.628. The van der Waals surface area contributed by atoms with Crippen LogP contribution in [0.1, 0.15) is 5.56 Å². The Hall–Kier alpha value is -1.42. The highest BCUT2D eigenvalue weighted by atomic mass is 14.5. The van der Waals surface area contributed by atoms with E-state index < -0.39 is 0 Å². The average Bonchev–Trinajstić information content (AvgIpc) is 1.88. The van der Waals surface area contributed by atoms with E-state index in [1.54, 1.807) is 12.1 Å². The van der Waals surface area contributed by atoms with Crippen molar-refractivity contribution in [2.45, 2.75) is 0 Å². The molecule has 0 aromatic heterocycles. The Morgan fingerprint density at radius 1 is 1.44 bits per heavy atom. The van der Waals surface area contributed by atoms with Gasteiger partial charge in [0, 0.05) is 11.3 Å². The second-order valence-corrected chi connectivity index (χ2v) is 1.77. The molecule has 0 fully saturated rings. The SMILES string of the molecule is [13CH]#Cc1cccc(N)c1. The van der Waals surface area contributed by atoms with Crippen molar-refractivity contribution in [3.63, 3.8) is 0 Å². The number of nitrogen functional groups attached to an aromatic ring is 1. The normalized spacial score (nSPS) is 8.33. The lowest BCUT2D eigenvalue weighted by Gasteiger charge is -1.90. The van der Waals surface area contributed by atoms with Crippen molar-refractivity contribution in [3.8, 4) is 12.3 Å². The van der Waals surface area contributed by atoms with E-state index in [-0.39, 0.29) is 0 Å². The van der Waals surface area contributed by atoms with E-state index >= 15 is 0 Å². The van der Waals surface area contributed by atoms with Gasteiger partial charge in [-0.15, -0.1) is 6.42 Å². The number of terminal acetylenes is 1. The highest BCUT2D eigenvalue weighted by Crippen LogP contribution is 2.03. The van der Waals surface area contributed by atoms with E-state index in [0.717, 1.165) is 5.56 Å². The number of rotatable bonds is 0. The first-order chi connectivity index (χ1) is 4.33. The molecule has 2 N–H and O–H groups in total. The minimum Gasteiger partial charge on any atom is -0.399 e. The van der Waals surface area contributed by atoms with Crippen LogP contribution >= 0.6 is 0 Å². The minimum absolute atomic E-state index is 0.713. The number of nitrogens with two attached hydrogens (primary N) is 1. The summed E-state index contributed by atoms with van der Waals surface area (Å²) in [6, 6.07) is 7.25. The molecule has 0 unspecified atom stereocenters. The van der Waals surface area contributed by atoms with Gasteiger partial charge >= 0.3 is 0 Å². The molecule has 0 aliphatic carbocycles. The van der Waals surface area contributed by atoms with Gasteiger partial charge in [-0.05, 0) is 18.2 Å². The second kappa shape index (κ2) is 2.23. The van der Waals surface area contributed by atoms with E-state index in [4.69, 9.17) is 12.2 Å². The van der Waals surface area contributed by atoms with Gasteiger partial charge in [-0.2, -0.15) is 0 Å². The Balaban J connectivity index is 3.12. The lowest BCUT2D eigenvalue weighted by molar-refractivity contribution is 1.64. The third kappa shape index (κ3) is 1.23. The summed E-state index contributed by atoms with van der Waals surface area (Å²) >= 11 is 0. The van der Waals surface area contributed by atoms with E-state index in [2.05, 4.69) is 5.92 Å². The van der Waals surface area contributed by atoms with Gasteiger partial charge in [0.15, 0.2) is 0 Å². The van der Waals surface area contributed by atoms with Gasteiger partial charge in [-0.3, -0.25) is 0 Å². The van der Waals surface area contributed by atoms with E-state index in [1.807, 2.05) is 12.1 Å². The summed E-state index contributed by atoms with van der Waals surface area (Å²) < 4.78 is 0. The van der Waals surface area contributed by atoms with Crippen LogP contribution in [-0.2, 0) is 0 Å². The second-order valence-electron chi connectivity index (χ2n) is 1.77. The van der Waals surface area contributed by atoms with Crippen LogP contribution in [0.5, 0.6) is 0 Å². The first-order valence-corrected chi connectivity index (χ1v) is 2.65. The molecule has 0 bridgehead atoms. The molecule has 0 amide bonds. The monoisotopic (exact) mass is 118 g/mol. The van der Waals surface area contributed by atoms with Crippen molar-refractivity contribution in [1.29, 1.82) is 0 Å². The maximum Gasteiger partial charge on any atom is 0.0326 e. The van der Waals surface area contributed by atoms with Crippen LogP contribution in [0.25, 0.3) is 0 Å². The van der Waals surface area contributed by atoms with Gasteiger partial charge in [0.2, 0.25) is 0 Å². The topological polar surface area (TPSA) is 26.0 Å². The first kappa shape index (κ1) is 5.71. The van der Waals surface area contributed by atoms with Crippen molar-refractivity contribution in [1.82, 2.24) is 0 Å². The van der Waals surface area contributed by atoms with Crippen LogP contribution in [0.15, 0.2) is 24.3 Å². The summed E-state index contributed by atoms with van der Waals surface area (Å²) in [4.78, 5) is 0. The summed E-state index contributed by atoms with van der Waals surface area (Å²) in [6.45, 7) is 0. The standard InChI is InChI=1S/C8H7N/c1-2-7-4-3-5-8(9)6-7/h1,3-6H,9H2/i1+1. The molecular weight excluding hydrogens is 111 g/mol. The fraction of sp³-hybridized carbons (Fsp3) is 0. The molecule has 0 saturated heterocycles. The highest BCUT2D eigenvalue weighted by molar-refractivity contribution is 5.46. The van der Waals surface area contributed by atoms with Crippen LogP contribution in [0.3, 0.4) is 0 Å². The zero-order valence-corrected chi connectivity index (χ0v) is 4.96. The van der Waals surface area contributed by atoms with Crippen LogP contribution in [0.4, 0.5) is 5.69 Å². The molecule has 0 spiro atoms. The molecule has 0 atom stereocenters. The van der Waals surface area contributed by atoms with Crippen LogP contribution in [0, 0.1) is 12.3 Å². The van der Waals surface area contributed by atoms with Gasteiger partial charge in [-0.1, -0.05) is 12.0 Å². The smallest absolute Gasteiger partial charge is 0.0326 e. The van der Waals surface area contributed by atoms with E-state index in [1.165, 1.54) is 0 Å². The Bertz CT molecular complexity index is 245. The lowest BCUT2D eigenvalue weighted by Crippen LogP contribution is -1.83. The summed E-state index contributed by atoms with van der Waals surface area (Å²) in [5.41, 5.74) is 6.98. The third-order valence-electron chi connectivity index (χ3n) is 1.05. The molecule has 1 aromatic carbocycles. The van der Waals surface area contributed by atoms with Crippen molar-refractivity contribution in [3.05, 3.63) is 29.8 Å². The zero-order chi connectivity index (χ0) is 6.69. The van der Waals surface area contributed by atoms with Crippen LogP contribution in [0.2, 0.25) is 0 Å². The first-order valence-electron chi connectivity index (χ1n) is 2.65. The molecule has 0 saturated carbocycles. The maximum absolute atomic E-state index is 5.44. The van der Waals surface area contributed by atoms with Crippen molar-refractivity contribution < 1.29 is 0 Å². The van der Waals surface area contributed by atoms with E-state index in [9.17, 15) is 0 Å². The van der Waals surface area contributed by atoms with Gasteiger partial charge in [0.1, 0.15) is 0 Å². The molecule has 1 nitrogen and oxygen atoms in total. The zero-order valence-electron chi connectivity index (χ0n) is 4.96. The Labute approximate surface area is 54.5 Å². The van der Waals surface area contributed by atoms with Gasteiger partial charge in [0.25, 0.3) is 0 Å². The molecule has 0 aliphatic heterocycles. The molecule has 1 heteroatoms. The Morgan fingerprint density at radius 2 is 2.22 bits per heavy atom. The molecule has 44 valence electrons. The highest BCUT2D eigenvalue weighted by Gasteiger charge is 1.84. The fourth-order valence-electron chi connectivity index (χ4n) is 0.628. The molecule has 1 rings (SSSR count). The predicted molar refractivity (Wildman–Crippen MR) is 38.8 cm³/mol. The maximum atomic E-state index is 5.44. The predicted octanol–water partition coefficient (Wildman–Crippen LogP) is 1.25. The summed E-state index contributed by atoms with van der Waals surface area (Å²) in [7, 11) is 0. The van der Waals surface area contributed by atoms with Gasteiger partial charge in [0.05, 0.1) is 0 Å². The molecular formula is C8H7N. The lowest BCUT2D eigenvalue weighted by atomic mass is 10.2. The largest absolute Gasteiger partial charge is 0.399 e. The molecule has 9 heavy (non-hydrogen) atoms. The van der Waals surface area contributed by atoms with E-state index in [0.29, 0.717) is 5.69 Å². The molecule has 0 aliphatic rings. The molecule has 1 aromatic rings. The number of hydrogen-bond acceptors (Lipinski definition) is 1. The van der Waals surface area contributed by atoms with Crippen LogP contribution in [-0.4, -0.2) is 0 Å². The van der Waals surface area contributed by atoms with Crippen molar-refractivity contribution in [2.24, 2.45) is 0 Å². The summed E-state index contributed by atoms with van der Waals surface area (Å²) in [5, 5.41) is 0. The summed E-state index contributed by atoms with van der Waals surface area (Å²) in [5.74, 6) is 2.49. The molecule has 0 heterocycles. The third-order valence-corrected chi connectivity index (χ3v) is 1.05. The van der Waals surface area contributed by atoms with Crippen LogP contribution < -0.4 is 5.73 Å². The number of anilines is 1. The quantitative estimate of drug-likeness (QED) is 0.309. The van der Waals surface area contributed by atoms with Gasteiger partial charge in [-0.25, -0.2) is 0 Å². The average molecular weight is 118 g/mol. The Morgan fingerprint density at radius 3 is 2.67 bits per heavy atom. The molecule has 0 radical (unpaired) electrons. The Kier molecular flexibility index (Phi) is 1.42. The summed E-state index contributed by atoms with van der Waals surface area (Å²) in [6.07, 6.45) is 5.11. The number of hydrogen-bond donors (Lipinski definition) is 1. The van der Waals surface area contributed by atoms with Crippen molar-refractivity contribution >= 4 is 5.69 Å².